The van der Waals surface area contributed by atoms with E-state index in [4.69, 9.17) is 0 Å². The Morgan fingerprint density at radius 1 is 0.792 bits per heavy atom. The number of carbonyl (C=O) groups excluding carboxylic acids is 1. The van der Waals surface area contributed by atoms with Crippen LogP contribution in [0.15, 0.2) is 24.3 Å². The number of rotatable bonds is 16. The van der Waals surface area contributed by atoms with Crippen molar-refractivity contribution >= 4 is 5.91 Å². The number of nitrogens with one attached hydrogen (secondary N) is 1. The zero-order valence-electron chi connectivity index (χ0n) is 15.9. The Morgan fingerprint density at radius 3 is 1.83 bits per heavy atom. The molecule has 1 aliphatic rings. The Bertz CT molecular complexity index is 347. The van der Waals surface area contributed by atoms with Gasteiger partial charge in [0.25, 0.3) is 0 Å². The van der Waals surface area contributed by atoms with E-state index < -0.39 is 0 Å². The first-order chi connectivity index (χ1) is 11.8. The lowest BCUT2D eigenvalue weighted by atomic mass is 10.0. The molecule has 24 heavy (non-hydrogen) atoms. The van der Waals surface area contributed by atoms with Crippen LogP contribution in [0.3, 0.4) is 0 Å². The summed E-state index contributed by atoms with van der Waals surface area (Å²) in [5.74, 6) is 0.755. The molecule has 0 heterocycles. The van der Waals surface area contributed by atoms with Crippen LogP contribution in [0, 0.1) is 5.92 Å². The van der Waals surface area contributed by atoms with Gasteiger partial charge in [0.05, 0.1) is 0 Å². The summed E-state index contributed by atoms with van der Waals surface area (Å²) in [6, 6.07) is 0. The molecule has 0 unspecified atom stereocenters. The fourth-order valence-corrected chi connectivity index (χ4v) is 3.26. The summed E-state index contributed by atoms with van der Waals surface area (Å²) in [5, 5.41) is 3.04. The normalized spacial score (nSPS) is 13.7. The van der Waals surface area contributed by atoms with E-state index in [2.05, 4.69) is 36.5 Å². The second-order valence-electron chi connectivity index (χ2n) is 7.21. The van der Waals surface area contributed by atoms with Gasteiger partial charge in [-0.25, -0.2) is 0 Å². The topological polar surface area (TPSA) is 29.1 Å². The predicted molar refractivity (Wildman–Crippen MR) is 105 cm³/mol. The van der Waals surface area contributed by atoms with Gasteiger partial charge >= 0.3 is 0 Å². The summed E-state index contributed by atoms with van der Waals surface area (Å²) in [4.78, 5) is 11.8. The van der Waals surface area contributed by atoms with Gasteiger partial charge in [-0.2, -0.15) is 0 Å². The summed E-state index contributed by atoms with van der Waals surface area (Å²) in [6.45, 7) is 3.08. The Labute approximate surface area is 150 Å². The van der Waals surface area contributed by atoms with Gasteiger partial charge in [-0.05, 0) is 18.8 Å². The molecule has 0 aromatic carbocycles. The van der Waals surface area contributed by atoms with Gasteiger partial charge in [-0.3, -0.25) is 4.79 Å². The average molecular weight is 334 g/mol. The lowest BCUT2D eigenvalue weighted by Gasteiger charge is -2.07. The molecule has 0 spiro atoms. The van der Waals surface area contributed by atoms with Crippen LogP contribution in [-0.2, 0) is 4.79 Å². The summed E-state index contributed by atoms with van der Waals surface area (Å²) in [6.07, 6.45) is 26.4. The monoisotopic (exact) mass is 333 g/mol. The highest BCUT2D eigenvalue weighted by molar-refractivity contribution is 5.75. The van der Waals surface area contributed by atoms with E-state index >= 15 is 0 Å². The molecule has 1 rings (SSSR count). The van der Waals surface area contributed by atoms with Gasteiger partial charge < -0.3 is 5.32 Å². The van der Waals surface area contributed by atoms with Gasteiger partial charge in [-0.15, -0.1) is 0 Å². The maximum Gasteiger partial charge on any atom is 0.219 e. The first-order valence-corrected chi connectivity index (χ1v) is 10.4. The third kappa shape index (κ3) is 12.4. The van der Waals surface area contributed by atoms with Crippen molar-refractivity contribution in [1.29, 1.82) is 0 Å². The molecule has 2 nitrogen and oxygen atoms in total. The quantitative estimate of drug-likeness (QED) is 0.329. The van der Waals surface area contributed by atoms with Crippen LogP contribution in [-0.4, -0.2) is 12.5 Å². The molecule has 0 saturated heterocycles. The molecule has 1 amide bonds. The zero-order chi connectivity index (χ0) is 17.3. The number of unbranched alkanes of at least 4 members (excludes halogenated alkanes) is 11. The molecule has 0 atom stereocenters. The molecular weight excluding hydrogens is 294 g/mol. The van der Waals surface area contributed by atoms with Crippen LogP contribution in [0.4, 0.5) is 0 Å². The van der Waals surface area contributed by atoms with Crippen molar-refractivity contribution in [3.63, 3.8) is 0 Å². The molecule has 138 valence electrons. The van der Waals surface area contributed by atoms with E-state index in [-0.39, 0.29) is 5.91 Å². The highest BCUT2D eigenvalue weighted by Gasteiger charge is 2.05. The second-order valence-corrected chi connectivity index (χ2v) is 7.21. The van der Waals surface area contributed by atoms with Gasteiger partial charge in [-0.1, -0.05) is 102 Å². The molecule has 0 saturated carbocycles. The van der Waals surface area contributed by atoms with Crippen molar-refractivity contribution in [3.8, 4) is 0 Å². The van der Waals surface area contributed by atoms with Crippen molar-refractivity contribution in [3.05, 3.63) is 24.3 Å². The van der Waals surface area contributed by atoms with Crippen molar-refractivity contribution in [2.75, 3.05) is 6.54 Å². The van der Waals surface area contributed by atoms with Crippen LogP contribution < -0.4 is 5.32 Å². The first kappa shape index (κ1) is 21.0. The largest absolute Gasteiger partial charge is 0.356 e. The molecular formula is C22H39NO. The summed E-state index contributed by atoms with van der Waals surface area (Å²) in [5.41, 5.74) is 0. The highest BCUT2D eigenvalue weighted by Crippen LogP contribution is 2.13. The van der Waals surface area contributed by atoms with Crippen molar-refractivity contribution < 1.29 is 4.79 Å². The third-order valence-electron chi connectivity index (χ3n) is 4.88. The SMILES string of the molecule is CCCCCCCCCCCCCCC(=O)NCCC1C=CC=C1. The van der Waals surface area contributed by atoms with Crippen LogP contribution in [0.25, 0.3) is 0 Å². The van der Waals surface area contributed by atoms with E-state index in [1.54, 1.807) is 0 Å². The molecule has 0 aliphatic heterocycles. The minimum absolute atomic E-state index is 0.230. The van der Waals surface area contributed by atoms with Crippen LogP contribution in [0.1, 0.15) is 96.8 Å². The number of allylic oxidation sites excluding steroid dienone is 4. The average Bonchev–Trinajstić information content (AvgIpc) is 3.09. The Balaban J connectivity index is 1.75. The molecule has 0 fully saturated rings. The highest BCUT2D eigenvalue weighted by atomic mass is 16.1. The minimum atomic E-state index is 0.230. The molecule has 2 heteroatoms. The number of amides is 1. The van der Waals surface area contributed by atoms with Crippen LogP contribution in [0.5, 0.6) is 0 Å². The van der Waals surface area contributed by atoms with Crippen molar-refractivity contribution in [1.82, 2.24) is 5.32 Å². The standard InChI is InChI=1S/C22H39NO/c1-2-3-4-5-6-7-8-9-10-11-12-13-18-22(24)23-20-19-21-16-14-15-17-21/h14-17,21H,2-13,18-20H2,1H3,(H,23,24). The van der Waals surface area contributed by atoms with E-state index in [0.29, 0.717) is 12.3 Å². The first-order valence-electron chi connectivity index (χ1n) is 10.4. The lowest BCUT2D eigenvalue weighted by Crippen LogP contribution is -2.25. The van der Waals surface area contributed by atoms with Gasteiger partial charge in [0, 0.05) is 13.0 Å². The van der Waals surface area contributed by atoms with Gasteiger partial charge in [0.2, 0.25) is 5.91 Å². The fourth-order valence-electron chi connectivity index (χ4n) is 3.26. The van der Waals surface area contributed by atoms with E-state index in [1.165, 1.54) is 70.6 Å². The summed E-state index contributed by atoms with van der Waals surface area (Å²) >= 11 is 0. The molecule has 0 aromatic rings. The van der Waals surface area contributed by atoms with E-state index in [0.717, 1.165) is 19.4 Å². The summed E-state index contributed by atoms with van der Waals surface area (Å²) < 4.78 is 0. The third-order valence-corrected chi connectivity index (χ3v) is 4.88. The maximum atomic E-state index is 11.8. The molecule has 1 N–H and O–H groups in total. The fraction of sp³-hybridized carbons (Fsp3) is 0.773. The number of carbonyl (C=O) groups is 1. The Morgan fingerprint density at radius 2 is 1.29 bits per heavy atom. The minimum Gasteiger partial charge on any atom is -0.356 e. The maximum absolute atomic E-state index is 11.8. The van der Waals surface area contributed by atoms with Crippen molar-refractivity contribution in [2.45, 2.75) is 96.8 Å². The smallest absolute Gasteiger partial charge is 0.219 e. The molecule has 0 bridgehead atoms. The van der Waals surface area contributed by atoms with Crippen molar-refractivity contribution in [2.24, 2.45) is 5.92 Å². The Hall–Kier alpha value is -1.05. The summed E-state index contributed by atoms with van der Waals surface area (Å²) in [7, 11) is 0. The number of hydrogen-bond acceptors (Lipinski definition) is 1. The van der Waals surface area contributed by atoms with Crippen LogP contribution >= 0.6 is 0 Å². The zero-order valence-corrected chi connectivity index (χ0v) is 15.9. The van der Waals surface area contributed by atoms with Gasteiger partial charge in [0.1, 0.15) is 0 Å². The van der Waals surface area contributed by atoms with E-state index in [9.17, 15) is 4.79 Å². The van der Waals surface area contributed by atoms with Gasteiger partial charge in [0.15, 0.2) is 0 Å². The molecule has 1 aliphatic carbocycles. The Kier molecular flexibility index (Phi) is 13.5. The molecule has 0 radical (unpaired) electrons. The lowest BCUT2D eigenvalue weighted by molar-refractivity contribution is -0.121. The second kappa shape index (κ2) is 15.5. The van der Waals surface area contributed by atoms with Crippen LogP contribution in [0.2, 0.25) is 0 Å². The van der Waals surface area contributed by atoms with E-state index in [1.807, 2.05) is 0 Å². The molecule has 0 aromatic heterocycles. The predicted octanol–water partition coefficient (Wildman–Crippen LogP) is 6.33. The number of hydrogen-bond donors (Lipinski definition) is 1.